The molecule has 1 N–H and O–H groups in total. The highest BCUT2D eigenvalue weighted by Crippen LogP contribution is 2.27. The van der Waals surface area contributed by atoms with Crippen LogP contribution in [0.5, 0.6) is 0 Å². The standard InChI is InChI=1S/C21H27N3O4S2/c25-21(18-5-2-8-24(16-18)30(26,27)20-7-3-13-29-20)22-19-6-1-4-17(14-19)15-23-9-11-28-12-10-23/h1,3-4,6-7,13-14,18H,2,5,8-12,15-16H2,(H,22,25). The van der Waals surface area contributed by atoms with Crippen molar-refractivity contribution in [2.45, 2.75) is 23.6 Å². The second-order valence-corrected chi connectivity index (χ2v) is 10.8. The van der Waals surface area contributed by atoms with Crippen molar-refractivity contribution in [3.8, 4) is 0 Å². The van der Waals surface area contributed by atoms with Crippen LogP contribution in [-0.4, -0.2) is 62.9 Å². The van der Waals surface area contributed by atoms with E-state index >= 15 is 0 Å². The number of amides is 1. The van der Waals surface area contributed by atoms with Crippen LogP contribution in [0.2, 0.25) is 0 Å². The first-order valence-electron chi connectivity index (χ1n) is 10.3. The van der Waals surface area contributed by atoms with Crippen molar-refractivity contribution < 1.29 is 17.9 Å². The molecule has 1 aromatic carbocycles. The number of morpholine rings is 1. The van der Waals surface area contributed by atoms with Gasteiger partial charge in [-0.2, -0.15) is 4.31 Å². The van der Waals surface area contributed by atoms with Gasteiger partial charge in [-0.1, -0.05) is 18.2 Å². The zero-order valence-electron chi connectivity index (χ0n) is 16.8. The number of rotatable bonds is 6. The van der Waals surface area contributed by atoms with Gasteiger partial charge in [0.05, 0.1) is 19.1 Å². The lowest BCUT2D eigenvalue weighted by Crippen LogP contribution is -2.43. The highest BCUT2D eigenvalue weighted by molar-refractivity contribution is 7.91. The van der Waals surface area contributed by atoms with Crippen LogP contribution < -0.4 is 5.32 Å². The van der Waals surface area contributed by atoms with E-state index in [0.29, 0.717) is 23.6 Å². The van der Waals surface area contributed by atoms with E-state index in [1.807, 2.05) is 18.2 Å². The number of thiophene rings is 1. The number of benzene rings is 1. The number of hydrogen-bond donors (Lipinski definition) is 1. The molecule has 0 bridgehead atoms. The Bertz CT molecular complexity index is 956. The third-order valence-corrected chi connectivity index (χ3v) is 8.79. The molecule has 1 aromatic heterocycles. The van der Waals surface area contributed by atoms with Crippen LogP contribution in [-0.2, 0) is 26.1 Å². The molecule has 3 heterocycles. The SMILES string of the molecule is O=C(Nc1cccc(CN2CCOCC2)c1)C1CCCN(S(=O)(=O)c2cccs2)C1. The van der Waals surface area contributed by atoms with Gasteiger partial charge >= 0.3 is 0 Å². The minimum atomic E-state index is -3.52. The van der Waals surface area contributed by atoms with Gasteiger partial charge in [-0.05, 0) is 42.0 Å². The third kappa shape index (κ3) is 5.09. The molecule has 2 aromatic rings. The molecular weight excluding hydrogens is 422 g/mol. The van der Waals surface area contributed by atoms with Gasteiger partial charge in [0.2, 0.25) is 5.91 Å². The van der Waals surface area contributed by atoms with E-state index in [9.17, 15) is 13.2 Å². The molecule has 1 unspecified atom stereocenters. The van der Waals surface area contributed by atoms with Crippen LogP contribution in [0.25, 0.3) is 0 Å². The average Bonchev–Trinajstić information content (AvgIpc) is 3.31. The molecular formula is C21H27N3O4S2. The molecule has 0 radical (unpaired) electrons. The fourth-order valence-electron chi connectivity index (χ4n) is 3.92. The Morgan fingerprint density at radius 1 is 1.17 bits per heavy atom. The second kappa shape index (κ2) is 9.57. The predicted octanol–water partition coefficient (Wildman–Crippen LogP) is 2.62. The summed E-state index contributed by atoms with van der Waals surface area (Å²) in [5, 5.41) is 4.75. The van der Waals surface area contributed by atoms with Crippen LogP contribution >= 0.6 is 11.3 Å². The normalized spacial score (nSPS) is 21.4. The summed E-state index contributed by atoms with van der Waals surface area (Å²) in [7, 11) is -3.52. The Balaban J connectivity index is 1.38. The third-order valence-electron chi connectivity index (χ3n) is 5.55. The van der Waals surface area contributed by atoms with Crippen LogP contribution in [0, 0.1) is 5.92 Å². The zero-order chi connectivity index (χ0) is 21.0. The van der Waals surface area contributed by atoms with Gasteiger partial charge in [0.1, 0.15) is 4.21 Å². The Hall–Kier alpha value is -1.78. The summed E-state index contributed by atoms with van der Waals surface area (Å²) in [4.78, 5) is 15.2. The van der Waals surface area contributed by atoms with Crippen LogP contribution in [0.1, 0.15) is 18.4 Å². The van der Waals surface area contributed by atoms with E-state index in [2.05, 4.69) is 16.3 Å². The number of hydrogen-bond acceptors (Lipinski definition) is 6. The molecule has 2 saturated heterocycles. The number of carbonyl (C=O) groups excluding carboxylic acids is 1. The highest BCUT2D eigenvalue weighted by atomic mass is 32.2. The van der Waals surface area contributed by atoms with E-state index in [0.717, 1.165) is 44.1 Å². The van der Waals surface area contributed by atoms with Gasteiger partial charge in [0, 0.05) is 38.4 Å². The van der Waals surface area contributed by atoms with Gasteiger partial charge < -0.3 is 10.1 Å². The summed E-state index contributed by atoms with van der Waals surface area (Å²) in [5.41, 5.74) is 1.89. The first-order chi connectivity index (χ1) is 14.5. The maximum Gasteiger partial charge on any atom is 0.252 e. The molecule has 0 spiro atoms. The molecule has 0 saturated carbocycles. The van der Waals surface area contributed by atoms with Gasteiger partial charge in [0.25, 0.3) is 10.0 Å². The number of nitrogens with zero attached hydrogens (tertiary/aromatic N) is 2. The largest absolute Gasteiger partial charge is 0.379 e. The maximum atomic E-state index is 12.9. The Labute approximate surface area is 181 Å². The van der Waals surface area contributed by atoms with Crippen molar-refractivity contribution in [3.63, 3.8) is 0 Å². The van der Waals surface area contributed by atoms with Crippen molar-refractivity contribution in [3.05, 3.63) is 47.3 Å². The number of sulfonamides is 1. The molecule has 9 heteroatoms. The predicted molar refractivity (Wildman–Crippen MR) is 117 cm³/mol. The first kappa shape index (κ1) is 21.5. The molecule has 2 aliphatic rings. The molecule has 2 aliphatic heterocycles. The molecule has 1 amide bonds. The molecule has 7 nitrogen and oxygen atoms in total. The van der Waals surface area contributed by atoms with Crippen LogP contribution in [0.4, 0.5) is 5.69 Å². The maximum absolute atomic E-state index is 12.9. The molecule has 30 heavy (non-hydrogen) atoms. The van der Waals surface area contributed by atoms with Crippen molar-refractivity contribution in [2.75, 3.05) is 44.7 Å². The number of anilines is 1. The van der Waals surface area contributed by atoms with Crippen LogP contribution in [0.3, 0.4) is 0 Å². The number of nitrogens with one attached hydrogen (secondary N) is 1. The van der Waals surface area contributed by atoms with Gasteiger partial charge in [-0.15, -0.1) is 11.3 Å². The van der Waals surface area contributed by atoms with Gasteiger partial charge in [-0.25, -0.2) is 8.42 Å². The van der Waals surface area contributed by atoms with Crippen molar-refractivity contribution in [1.29, 1.82) is 0 Å². The Morgan fingerprint density at radius 2 is 2.00 bits per heavy atom. The van der Waals surface area contributed by atoms with E-state index < -0.39 is 10.0 Å². The molecule has 162 valence electrons. The highest BCUT2D eigenvalue weighted by Gasteiger charge is 2.33. The molecule has 0 aliphatic carbocycles. The number of carbonyl (C=O) groups is 1. The van der Waals surface area contributed by atoms with Gasteiger partial charge in [0.15, 0.2) is 0 Å². The average molecular weight is 450 g/mol. The Morgan fingerprint density at radius 3 is 2.77 bits per heavy atom. The topological polar surface area (TPSA) is 79.0 Å². The summed E-state index contributed by atoms with van der Waals surface area (Å²) in [6.45, 7) is 4.83. The van der Waals surface area contributed by atoms with E-state index in [-0.39, 0.29) is 18.4 Å². The first-order valence-corrected chi connectivity index (χ1v) is 12.6. The fraction of sp³-hybridized carbons (Fsp3) is 0.476. The molecule has 1 atom stereocenters. The smallest absolute Gasteiger partial charge is 0.252 e. The monoisotopic (exact) mass is 449 g/mol. The lowest BCUT2D eigenvalue weighted by Gasteiger charge is -2.30. The second-order valence-electron chi connectivity index (χ2n) is 7.71. The summed E-state index contributed by atoms with van der Waals surface area (Å²) in [6.07, 6.45) is 1.37. The summed E-state index contributed by atoms with van der Waals surface area (Å²) in [5.74, 6) is -0.471. The van der Waals surface area contributed by atoms with Crippen molar-refractivity contribution in [2.24, 2.45) is 5.92 Å². The van der Waals surface area contributed by atoms with E-state index in [1.54, 1.807) is 17.5 Å². The molecule has 4 rings (SSSR count). The fourth-order valence-corrected chi connectivity index (χ4v) is 6.59. The minimum absolute atomic E-state index is 0.121. The number of ether oxygens (including phenoxy) is 1. The lowest BCUT2D eigenvalue weighted by molar-refractivity contribution is -0.120. The van der Waals surface area contributed by atoms with Crippen molar-refractivity contribution in [1.82, 2.24) is 9.21 Å². The summed E-state index contributed by atoms with van der Waals surface area (Å²) < 4.78 is 32.8. The zero-order valence-corrected chi connectivity index (χ0v) is 18.5. The minimum Gasteiger partial charge on any atom is -0.379 e. The van der Waals surface area contributed by atoms with Gasteiger partial charge in [-0.3, -0.25) is 9.69 Å². The summed E-state index contributed by atoms with van der Waals surface area (Å²) in [6, 6.07) is 11.2. The Kier molecular flexibility index (Phi) is 6.84. The molecule has 2 fully saturated rings. The number of piperidine rings is 1. The quantitative estimate of drug-likeness (QED) is 0.734. The lowest BCUT2D eigenvalue weighted by atomic mass is 9.98. The van der Waals surface area contributed by atoms with Crippen molar-refractivity contribution >= 4 is 33.0 Å². The van der Waals surface area contributed by atoms with Crippen LogP contribution in [0.15, 0.2) is 46.0 Å². The van der Waals surface area contributed by atoms with E-state index in [4.69, 9.17) is 4.74 Å². The van der Waals surface area contributed by atoms with E-state index in [1.165, 1.54) is 15.6 Å². The summed E-state index contributed by atoms with van der Waals surface area (Å²) >= 11 is 1.21.